The third kappa shape index (κ3) is 4.89. The molecule has 1 aromatic carbocycles. The number of halogens is 5. The standard InChI is InChI=1S/C21H24Cl3F2NO2/c1-19(2,3)11-7-10(8-12(17(11)29)20(4,5)6)21(25,26)9-13(28)16-14(22)15(23)18(24)27-16/h7-8,27,29H,9H2,1-6H3. The lowest BCUT2D eigenvalue weighted by Gasteiger charge is -2.29. The summed E-state index contributed by atoms with van der Waals surface area (Å²) in [4.78, 5) is 14.9. The Morgan fingerprint density at radius 3 is 1.76 bits per heavy atom. The van der Waals surface area contributed by atoms with Crippen molar-refractivity contribution in [3.8, 4) is 5.75 Å². The summed E-state index contributed by atoms with van der Waals surface area (Å²) in [6.07, 6.45) is -1.13. The molecule has 0 amide bonds. The molecule has 0 radical (unpaired) electrons. The molecule has 2 N–H and O–H groups in total. The van der Waals surface area contributed by atoms with E-state index in [1.54, 1.807) is 0 Å². The first kappa shape index (κ1) is 24.0. The number of aromatic amines is 1. The Morgan fingerprint density at radius 1 is 0.966 bits per heavy atom. The number of H-pyrrole nitrogens is 1. The number of aromatic hydroxyl groups is 1. The Hall–Kier alpha value is -1.30. The van der Waals surface area contributed by atoms with Crippen molar-refractivity contribution in [2.45, 2.75) is 64.7 Å². The van der Waals surface area contributed by atoms with Crippen molar-refractivity contribution >= 4 is 40.6 Å². The molecule has 1 heterocycles. The van der Waals surface area contributed by atoms with Crippen molar-refractivity contribution in [1.29, 1.82) is 0 Å². The summed E-state index contributed by atoms with van der Waals surface area (Å²) >= 11 is 17.5. The van der Waals surface area contributed by atoms with Crippen LogP contribution >= 0.6 is 34.8 Å². The monoisotopic (exact) mass is 465 g/mol. The number of carbonyl (C=O) groups is 1. The van der Waals surface area contributed by atoms with E-state index >= 15 is 8.78 Å². The lowest BCUT2D eigenvalue weighted by molar-refractivity contribution is -0.00805. The van der Waals surface area contributed by atoms with Crippen LogP contribution in [-0.2, 0) is 16.8 Å². The molecule has 0 bridgehead atoms. The lowest BCUT2D eigenvalue weighted by Crippen LogP contribution is -2.23. The molecule has 8 heteroatoms. The van der Waals surface area contributed by atoms with E-state index < -0.39 is 29.0 Å². The highest BCUT2D eigenvalue weighted by Gasteiger charge is 2.39. The van der Waals surface area contributed by atoms with Gasteiger partial charge in [-0.3, -0.25) is 4.79 Å². The zero-order valence-corrected chi connectivity index (χ0v) is 19.4. The average Bonchev–Trinajstić information content (AvgIpc) is 2.79. The Bertz CT molecular complexity index is 919. The van der Waals surface area contributed by atoms with Crippen LogP contribution in [0.25, 0.3) is 0 Å². The van der Waals surface area contributed by atoms with E-state index in [1.807, 2.05) is 41.5 Å². The van der Waals surface area contributed by atoms with E-state index in [0.717, 1.165) is 0 Å². The number of phenolic OH excluding ortho intramolecular Hbond substituents is 1. The third-order valence-electron chi connectivity index (χ3n) is 4.65. The second-order valence-electron chi connectivity index (χ2n) is 9.17. The number of alkyl halides is 2. The van der Waals surface area contributed by atoms with Crippen LogP contribution in [0.2, 0.25) is 15.2 Å². The number of benzene rings is 1. The summed E-state index contributed by atoms with van der Waals surface area (Å²) in [7, 11) is 0. The van der Waals surface area contributed by atoms with Gasteiger partial charge in [0.15, 0.2) is 5.78 Å². The van der Waals surface area contributed by atoms with Gasteiger partial charge >= 0.3 is 0 Å². The van der Waals surface area contributed by atoms with E-state index in [2.05, 4.69) is 4.98 Å². The van der Waals surface area contributed by atoms with Gasteiger partial charge < -0.3 is 10.1 Å². The summed E-state index contributed by atoms with van der Waals surface area (Å²) in [6.45, 7) is 10.9. The predicted molar refractivity (Wildman–Crippen MR) is 114 cm³/mol. The fourth-order valence-corrected chi connectivity index (χ4v) is 3.63. The van der Waals surface area contributed by atoms with Crippen LogP contribution in [0.1, 0.15) is 75.1 Å². The molecule has 160 valence electrons. The van der Waals surface area contributed by atoms with Gasteiger partial charge in [-0.05, 0) is 23.0 Å². The number of aromatic nitrogens is 1. The second-order valence-corrected chi connectivity index (χ2v) is 10.3. The zero-order valence-electron chi connectivity index (χ0n) is 17.1. The fraction of sp³-hybridized carbons (Fsp3) is 0.476. The molecule has 0 spiro atoms. The minimum atomic E-state index is -3.50. The molecule has 0 aliphatic rings. The van der Waals surface area contributed by atoms with Gasteiger partial charge in [-0.1, -0.05) is 76.3 Å². The van der Waals surface area contributed by atoms with Gasteiger partial charge in [0.05, 0.1) is 16.5 Å². The molecule has 3 nitrogen and oxygen atoms in total. The van der Waals surface area contributed by atoms with Gasteiger partial charge in [0.25, 0.3) is 5.92 Å². The van der Waals surface area contributed by atoms with E-state index in [0.29, 0.717) is 11.1 Å². The number of Topliss-reactive ketones (excluding diaryl/α,β-unsaturated/α-hetero) is 1. The normalized spacial score (nSPS) is 13.1. The number of hydrogen-bond donors (Lipinski definition) is 2. The van der Waals surface area contributed by atoms with Crippen LogP contribution in [0, 0.1) is 0 Å². The SMILES string of the molecule is CC(C)(C)c1cc(C(F)(F)CC(=O)c2[nH]c(Cl)c(Cl)c2Cl)cc(C(C)(C)C)c1O. The molecule has 0 saturated heterocycles. The van der Waals surface area contributed by atoms with Crippen LogP contribution in [0.3, 0.4) is 0 Å². The van der Waals surface area contributed by atoms with Crippen LogP contribution in [0.4, 0.5) is 8.78 Å². The van der Waals surface area contributed by atoms with Gasteiger partial charge in [-0.15, -0.1) is 0 Å². The van der Waals surface area contributed by atoms with Crippen LogP contribution in [0.15, 0.2) is 12.1 Å². The minimum absolute atomic E-state index is 0.0122. The second kappa shape index (κ2) is 7.75. The van der Waals surface area contributed by atoms with E-state index in [1.165, 1.54) is 12.1 Å². The molecule has 0 saturated carbocycles. The summed E-state index contributed by atoms with van der Waals surface area (Å²) < 4.78 is 30.3. The van der Waals surface area contributed by atoms with E-state index in [4.69, 9.17) is 34.8 Å². The Balaban J connectivity index is 2.56. The maximum Gasteiger partial charge on any atom is 0.280 e. The van der Waals surface area contributed by atoms with Crippen molar-refractivity contribution in [1.82, 2.24) is 4.98 Å². The van der Waals surface area contributed by atoms with Crippen LogP contribution < -0.4 is 0 Å². The summed E-state index contributed by atoms with van der Waals surface area (Å²) in [5, 5.41) is 10.4. The van der Waals surface area contributed by atoms with Crippen molar-refractivity contribution < 1.29 is 18.7 Å². The quantitative estimate of drug-likeness (QED) is 0.455. The largest absolute Gasteiger partial charge is 0.507 e. The van der Waals surface area contributed by atoms with Gasteiger partial charge in [-0.25, -0.2) is 8.78 Å². The molecule has 0 aliphatic heterocycles. The van der Waals surface area contributed by atoms with Gasteiger partial charge in [0.2, 0.25) is 0 Å². The van der Waals surface area contributed by atoms with Crippen molar-refractivity contribution in [3.63, 3.8) is 0 Å². The van der Waals surface area contributed by atoms with Gasteiger partial charge in [0.1, 0.15) is 16.6 Å². The average molecular weight is 467 g/mol. The predicted octanol–water partition coefficient (Wildman–Crippen LogP) is 7.64. The summed E-state index contributed by atoms with van der Waals surface area (Å²) in [5.74, 6) is -4.43. The Labute approximate surface area is 184 Å². The van der Waals surface area contributed by atoms with Crippen LogP contribution in [-0.4, -0.2) is 15.9 Å². The topological polar surface area (TPSA) is 53.1 Å². The van der Waals surface area contributed by atoms with E-state index in [9.17, 15) is 9.90 Å². The zero-order chi connectivity index (χ0) is 22.5. The number of hydrogen-bond acceptors (Lipinski definition) is 2. The molecular formula is C21H24Cl3F2NO2. The molecule has 0 aliphatic carbocycles. The Kier molecular flexibility index (Phi) is 6.41. The highest BCUT2D eigenvalue weighted by molar-refractivity contribution is 6.49. The smallest absolute Gasteiger partial charge is 0.280 e. The Morgan fingerprint density at radius 2 is 1.41 bits per heavy atom. The third-order valence-corrected chi connectivity index (χ3v) is 5.88. The summed E-state index contributed by atoms with van der Waals surface area (Å²) in [5.41, 5.74) is -0.994. The number of phenols is 1. The number of ketones is 1. The maximum atomic E-state index is 15.2. The van der Waals surface area contributed by atoms with Gasteiger partial charge in [0, 0.05) is 16.7 Å². The molecule has 2 aromatic rings. The van der Waals surface area contributed by atoms with Gasteiger partial charge in [-0.2, -0.15) is 0 Å². The first-order chi connectivity index (χ1) is 13.0. The molecule has 0 unspecified atom stereocenters. The highest BCUT2D eigenvalue weighted by Crippen LogP contribution is 2.44. The number of carbonyl (C=O) groups excluding carboxylic acids is 1. The number of rotatable bonds is 4. The highest BCUT2D eigenvalue weighted by atomic mass is 35.5. The summed E-state index contributed by atoms with van der Waals surface area (Å²) in [6, 6.07) is 2.52. The lowest BCUT2D eigenvalue weighted by atomic mass is 9.77. The molecular weight excluding hydrogens is 443 g/mol. The maximum absolute atomic E-state index is 15.2. The molecule has 29 heavy (non-hydrogen) atoms. The first-order valence-corrected chi connectivity index (χ1v) is 10.1. The molecule has 2 rings (SSSR count). The van der Waals surface area contributed by atoms with E-state index in [-0.39, 0.29) is 32.2 Å². The van der Waals surface area contributed by atoms with Crippen molar-refractivity contribution in [3.05, 3.63) is 49.7 Å². The van der Waals surface area contributed by atoms with Crippen LogP contribution in [0.5, 0.6) is 5.75 Å². The first-order valence-electron chi connectivity index (χ1n) is 8.98. The molecule has 0 atom stereocenters. The van der Waals surface area contributed by atoms with Crippen molar-refractivity contribution in [2.24, 2.45) is 0 Å². The minimum Gasteiger partial charge on any atom is -0.507 e. The number of nitrogens with one attached hydrogen (secondary N) is 1. The molecule has 0 fully saturated rings. The molecule has 1 aromatic heterocycles. The van der Waals surface area contributed by atoms with Crippen molar-refractivity contribution in [2.75, 3.05) is 0 Å². The fourth-order valence-electron chi connectivity index (χ4n) is 3.00.